The number of hydrogen-bond acceptors (Lipinski definition) is 5. The smallest absolute Gasteiger partial charge is 0.255 e. The van der Waals surface area contributed by atoms with Gasteiger partial charge in [-0.05, 0) is 30.7 Å². The minimum Gasteiger partial charge on any atom is -0.484 e. The molecule has 0 aliphatic carbocycles. The van der Waals surface area contributed by atoms with E-state index in [2.05, 4.69) is 5.32 Å². The van der Waals surface area contributed by atoms with Crippen LogP contribution in [-0.4, -0.2) is 46.0 Å². The summed E-state index contributed by atoms with van der Waals surface area (Å²) in [6, 6.07) is 7.57. The Morgan fingerprint density at radius 3 is 2.62 bits per heavy atom. The highest BCUT2D eigenvalue weighted by Gasteiger charge is 1.98. The number of amides is 1. The number of benzene rings is 1. The van der Waals surface area contributed by atoms with Crippen molar-refractivity contribution in [2.24, 2.45) is 5.73 Å². The number of carbonyl (C=O) groups excluding carboxylic acids is 1. The second-order valence-corrected chi connectivity index (χ2v) is 4.53. The third-order valence-corrected chi connectivity index (χ3v) is 2.71. The van der Waals surface area contributed by atoms with Gasteiger partial charge in [0.2, 0.25) is 0 Å². The van der Waals surface area contributed by atoms with Gasteiger partial charge >= 0.3 is 0 Å². The first kappa shape index (κ1) is 17.4. The fourth-order valence-electron chi connectivity index (χ4n) is 1.63. The predicted molar refractivity (Wildman–Crippen MR) is 80.2 cm³/mol. The summed E-state index contributed by atoms with van der Waals surface area (Å²) in [4.78, 5) is 10.6. The van der Waals surface area contributed by atoms with Gasteiger partial charge in [0.1, 0.15) is 5.75 Å². The van der Waals surface area contributed by atoms with Crippen LogP contribution in [0, 0.1) is 0 Å². The van der Waals surface area contributed by atoms with Gasteiger partial charge in [0.15, 0.2) is 6.61 Å². The Morgan fingerprint density at radius 1 is 1.19 bits per heavy atom. The number of nitrogens with two attached hydrogens (primary N) is 1. The van der Waals surface area contributed by atoms with Gasteiger partial charge in [-0.3, -0.25) is 4.79 Å². The third-order valence-electron chi connectivity index (χ3n) is 2.71. The van der Waals surface area contributed by atoms with Crippen LogP contribution in [0.3, 0.4) is 0 Å². The molecule has 0 saturated heterocycles. The average Bonchev–Trinajstić information content (AvgIpc) is 2.49. The molecule has 0 atom stereocenters. The highest BCUT2D eigenvalue weighted by atomic mass is 16.5. The lowest BCUT2D eigenvalue weighted by Crippen LogP contribution is -2.20. The zero-order chi connectivity index (χ0) is 15.3. The topological polar surface area (TPSA) is 82.8 Å². The lowest BCUT2D eigenvalue weighted by atomic mass is 10.2. The first-order valence-corrected chi connectivity index (χ1v) is 7.00. The van der Waals surface area contributed by atoms with E-state index >= 15 is 0 Å². The minimum absolute atomic E-state index is 0.0966. The van der Waals surface area contributed by atoms with Crippen molar-refractivity contribution in [1.29, 1.82) is 0 Å². The summed E-state index contributed by atoms with van der Waals surface area (Å²) in [5, 5.41) is 3.34. The molecule has 0 aliphatic rings. The van der Waals surface area contributed by atoms with Crippen LogP contribution in [0.25, 0.3) is 0 Å². The van der Waals surface area contributed by atoms with Crippen molar-refractivity contribution >= 4 is 5.91 Å². The zero-order valence-corrected chi connectivity index (χ0v) is 12.5. The summed E-state index contributed by atoms with van der Waals surface area (Å²) >= 11 is 0. The summed E-state index contributed by atoms with van der Waals surface area (Å²) in [6.45, 7) is 3.60. The van der Waals surface area contributed by atoms with Gasteiger partial charge in [-0.25, -0.2) is 0 Å². The Hall–Kier alpha value is -1.63. The van der Waals surface area contributed by atoms with E-state index in [1.54, 1.807) is 7.11 Å². The lowest BCUT2D eigenvalue weighted by Gasteiger charge is -2.07. The molecule has 1 aromatic rings. The van der Waals surface area contributed by atoms with Crippen LogP contribution in [0.15, 0.2) is 24.3 Å². The molecule has 1 aromatic carbocycles. The number of nitrogens with one attached hydrogen (secondary N) is 1. The molecule has 1 rings (SSSR count). The largest absolute Gasteiger partial charge is 0.484 e. The number of rotatable bonds is 12. The predicted octanol–water partition coefficient (Wildman–Crippen LogP) is 0.693. The van der Waals surface area contributed by atoms with E-state index in [0.717, 1.165) is 31.7 Å². The number of primary amides is 1. The van der Waals surface area contributed by atoms with Gasteiger partial charge in [0.05, 0.1) is 13.2 Å². The van der Waals surface area contributed by atoms with E-state index in [4.69, 9.17) is 19.9 Å². The van der Waals surface area contributed by atoms with Crippen LogP contribution in [0.2, 0.25) is 0 Å². The van der Waals surface area contributed by atoms with Crippen LogP contribution in [0.5, 0.6) is 5.75 Å². The van der Waals surface area contributed by atoms with Crippen molar-refractivity contribution in [3.8, 4) is 5.75 Å². The maximum atomic E-state index is 10.6. The molecule has 1 amide bonds. The molecule has 0 aromatic heterocycles. The van der Waals surface area contributed by atoms with Gasteiger partial charge in [0.25, 0.3) is 5.91 Å². The van der Waals surface area contributed by atoms with E-state index < -0.39 is 5.91 Å². The first-order chi connectivity index (χ1) is 10.2. The standard InChI is InChI=1S/C15H24N2O4/c1-19-9-10-20-8-2-7-17-11-13-3-5-14(6-4-13)21-12-15(16)18/h3-6,17H,2,7-12H2,1H3,(H2,16,18). The summed E-state index contributed by atoms with van der Waals surface area (Å²) in [6.07, 6.45) is 0.962. The summed E-state index contributed by atoms with van der Waals surface area (Å²) in [5.74, 6) is 0.164. The van der Waals surface area contributed by atoms with Crippen molar-refractivity contribution in [1.82, 2.24) is 5.32 Å². The van der Waals surface area contributed by atoms with E-state index in [1.165, 1.54) is 0 Å². The normalized spacial score (nSPS) is 10.5. The van der Waals surface area contributed by atoms with Gasteiger partial charge < -0.3 is 25.3 Å². The van der Waals surface area contributed by atoms with Crippen LogP contribution in [-0.2, 0) is 20.8 Å². The Kier molecular flexibility index (Phi) is 9.19. The summed E-state index contributed by atoms with van der Waals surface area (Å²) < 4.78 is 15.5. The molecule has 0 fully saturated rings. The van der Waals surface area contributed by atoms with Crippen LogP contribution < -0.4 is 15.8 Å². The van der Waals surface area contributed by atoms with E-state index in [9.17, 15) is 4.79 Å². The van der Waals surface area contributed by atoms with E-state index in [1.807, 2.05) is 24.3 Å². The van der Waals surface area contributed by atoms with Gasteiger partial charge in [0, 0.05) is 20.3 Å². The zero-order valence-electron chi connectivity index (χ0n) is 12.5. The molecule has 0 heterocycles. The molecule has 21 heavy (non-hydrogen) atoms. The van der Waals surface area contributed by atoms with Crippen molar-refractivity contribution in [3.63, 3.8) is 0 Å². The molecule has 0 aliphatic heterocycles. The number of hydrogen-bond donors (Lipinski definition) is 2. The Morgan fingerprint density at radius 2 is 1.95 bits per heavy atom. The SMILES string of the molecule is COCCOCCCNCc1ccc(OCC(N)=O)cc1. The van der Waals surface area contributed by atoms with Crippen molar-refractivity contribution in [3.05, 3.63) is 29.8 Å². The maximum absolute atomic E-state index is 10.6. The lowest BCUT2D eigenvalue weighted by molar-refractivity contribution is -0.119. The summed E-state index contributed by atoms with van der Waals surface area (Å²) in [7, 11) is 1.66. The molecule has 0 saturated carbocycles. The number of methoxy groups -OCH3 is 1. The van der Waals surface area contributed by atoms with Gasteiger partial charge in [-0.15, -0.1) is 0 Å². The number of ether oxygens (including phenoxy) is 3. The highest BCUT2D eigenvalue weighted by Crippen LogP contribution is 2.11. The molecule has 0 unspecified atom stereocenters. The Balaban J connectivity index is 2.08. The van der Waals surface area contributed by atoms with Crippen LogP contribution in [0.4, 0.5) is 0 Å². The molecule has 0 bridgehead atoms. The molecule has 118 valence electrons. The fourth-order valence-corrected chi connectivity index (χ4v) is 1.63. The minimum atomic E-state index is -0.478. The second-order valence-electron chi connectivity index (χ2n) is 4.53. The number of carbonyl (C=O) groups is 1. The van der Waals surface area contributed by atoms with Crippen LogP contribution in [0.1, 0.15) is 12.0 Å². The van der Waals surface area contributed by atoms with Crippen molar-refractivity contribution in [2.75, 3.05) is 40.1 Å². The molecule has 6 nitrogen and oxygen atoms in total. The van der Waals surface area contributed by atoms with Gasteiger partial charge in [-0.1, -0.05) is 12.1 Å². The highest BCUT2D eigenvalue weighted by molar-refractivity contribution is 5.75. The fraction of sp³-hybridized carbons (Fsp3) is 0.533. The average molecular weight is 296 g/mol. The molecule has 3 N–H and O–H groups in total. The third kappa shape index (κ3) is 9.01. The first-order valence-electron chi connectivity index (χ1n) is 7.00. The maximum Gasteiger partial charge on any atom is 0.255 e. The van der Waals surface area contributed by atoms with Crippen molar-refractivity contribution in [2.45, 2.75) is 13.0 Å². The monoisotopic (exact) mass is 296 g/mol. The summed E-state index contributed by atoms with van der Waals surface area (Å²) in [5.41, 5.74) is 6.17. The second kappa shape index (κ2) is 11.1. The quantitative estimate of drug-likeness (QED) is 0.555. The van der Waals surface area contributed by atoms with Crippen LogP contribution >= 0.6 is 0 Å². The van der Waals surface area contributed by atoms with E-state index in [-0.39, 0.29) is 6.61 Å². The molecule has 6 heteroatoms. The van der Waals surface area contributed by atoms with E-state index in [0.29, 0.717) is 19.0 Å². The Labute approximate surface area is 125 Å². The molecule has 0 spiro atoms. The van der Waals surface area contributed by atoms with Crippen molar-refractivity contribution < 1.29 is 19.0 Å². The van der Waals surface area contributed by atoms with Gasteiger partial charge in [-0.2, -0.15) is 0 Å². The Bertz CT molecular complexity index is 395. The molecule has 0 radical (unpaired) electrons. The molecular formula is C15H24N2O4. The molecular weight excluding hydrogens is 272 g/mol.